The molecule has 4 amide bonds. The standard InChI is InChI=1S/C36H43N5O7/c1-36(18-25-19-38-27-10-6-5-9-26(25)27,41-35(47)48-31-23-12-21-11-22(14-23)15-24(31)13-21)34(46)40-28(16-20-7-3-2-4-8-20)32(43)39-29(33(44)45)17-30(37)42/h2-10,19,21-24,28-29,31,38H,11-18H2,1H3,(H2,37,42)(H,39,43)(H,40,46)(H,41,47)(H,44,45)/t21?,22?,23?,24?,28-,29-,31?,36+/m0/s1. The molecular weight excluding hydrogens is 614 g/mol. The predicted molar refractivity (Wildman–Crippen MR) is 176 cm³/mol. The highest BCUT2D eigenvalue weighted by molar-refractivity contribution is 5.96. The van der Waals surface area contributed by atoms with Gasteiger partial charge in [0, 0.05) is 29.9 Å². The molecular formula is C36H43N5O7. The van der Waals surface area contributed by atoms with E-state index in [1.54, 1.807) is 37.4 Å². The zero-order chi connectivity index (χ0) is 34.0. The van der Waals surface area contributed by atoms with E-state index in [4.69, 9.17) is 10.5 Å². The fourth-order valence-corrected chi connectivity index (χ4v) is 8.34. The number of hydrogen-bond donors (Lipinski definition) is 6. The summed E-state index contributed by atoms with van der Waals surface area (Å²) in [6.07, 6.45) is 5.85. The molecule has 1 aromatic heterocycles. The maximum absolute atomic E-state index is 14.3. The number of aliphatic carboxylic acids is 1. The highest BCUT2D eigenvalue weighted by Gasteiger charge is 2.50. The maximum Gasteiger partial charge on any atom is 0.408 e. The van der Waals surface area contributed by atoms with Gasteiger partial charge < -0.3 is 36.5 Å². The molecule has 7 rings (SSSR count). The molecule has 48 heavy (non-hydrogen) atoms. The lowest BCUT2D eigenvalue weighted by Gasteiger charge is -2.53. The minimum atomic E-state index is -1.59. The molecule has 2 aromatic carbocycles. The molecule has 254 valence electrons. The Morgan fingerprint density at radius 1 is 0.917 bits per heavy atom. The van der Waals surface area contributed by atoms with Crippen LogP contribution in [0.25, 0.3) is 10.9 Å². The lowest BCUT2D eigenvalue weighted by atomic mass is 9.55. The summed E-state index contributed by atoms with van der Waals surface area (Å²) in [7, 11) is 0. The highest BCUT2D eigenvalue weighted by atomic mass is 16.6. The van der Waals surface area contributed by atoms with Crippen molar-refractivity contribution in [2.45, 2.75) is 82.0 Å². The summed E-state index contributed by atoms with van der Waals surface area (Å²) in [5.74, 6) is -1.78. The van der Waals surface area contributed by atoms with Gasteiger partial charge in [-0.2, -0.15) is 0 Å². The van der Waals surface area contributed by atoms with E-state index in [2.05, 4.69) is 20.9 Å². The maximum atomic E-state index is 14.3. The number of fused-ring (bicyclic) bond motifs is 1. The van der Waals surface area contributed by atoms with Gasteiger partial charge in [-0.05, 0) is 79.9 Å². The van der Waals surface area contributed by atoms with Gasteiger partial charge in [0.25, 0.3) is 0 Å². The largest absolute Gasteiger partial charge is 0.480 e. The number of alkyl carbamates (subject to hydrolysis) is 1. The zero-order valence-corrected chi connectivity index (χ0v) is 26.9. The van der Waals surface area contributed by atoms with Crippen LogP contribution in [0.4, 0.5) is 4.79 Å². The number of nitrogens with one attached hydrogen (secondary N) is 4. The Labute approximate surface area is 278 Å². The number of aromatic amines is 1. The Bertz CT molecular complexity index is 1660. The highest BCUT2D eigenvalue weighted by Crippen LogP contribution is 2.54. The van der Waals surface area contributed by atoms with E-state index in [9.17, 15) is 29.1 Å². The third kappa shape index (κ3) is 7.32. The molecule has 4 aliphatic rings. The molecule has 0 aliphatic heterocycles. The minimum Gasteiger partial charge on any atom is -0.480 e. The topological polar surface area (TPSA) is 193 Å². The van der Waals surface area contributed by atoms with Crippen molar-refractivity contribution in [3.8, 4) is 0 Å². The Morgan fingerprint density at radius 3 is 2.21 bits per heavy atom. The molecule has 7 N–H and O–H groups in total. The molecule has 0 saturated heterocycles. The van der Waals surface area contributed by atoms with E-state index in [-0.39, 0.29) is 18.9 Å². The number of carbonyl (C=O) groups is 5. The van der Waals surface area contributed by atoms with Crippen LogP contribution >= 0.6 is 0 Å². The monoisotopic (exact) mass is 657 g/mol. The molecule has 12 nitrogen and oxygen atoms in total. The lowest BCUT2D eigenvalue weighted by Crippen LogP contribution is -2.63. The van der Waals surface area contributed by atoms with E-state index in [1.807, 2.05) is 30.3 Å². The average molecular weight is 658 g/mol. The first-order valence-corrected chi connectivity index (χ1v) is 16.7. The van der Waals surface area contributed by atoms with Crippen LogP contribution in [-0.2, 0) is 36.8 Å². The number of rotatable bonds is 13. The molecule has 0 unspecified atom stereocenters. The van der Waals surface area contributed by atoms with Gasteiger partial charge in [0.1, 0.15) is 23.7 Å². The Hall–Kier alpha value is -4.87. The molecule has 3 atom stereocenters. The number of carboxylic acid groups (broad SMARTS) is 1. The van der Waals surface area contributed by atoms with E-state index in [0.29, 0.717) is 29.2 Å². The van der Waals surface area contributed by atoms with Crippen LogP contribution in [0, 0.1) is 23.7 Å². The number of ether oxygens (including phenoxy) is 1. The van der Waals surface area contributed by atoms with Gasteiger partial charge in [0.05, 0.1) is 6.42 Å². The SMILES string of the molecule is C[C@](Cc1c[nH]c2ccccc12)(NC(=O)OC1C2CC3CC(C2)CC1C3)C(=O)N[C@@H](Cc1ccccc1)C(=O)N[C@@H](CC(N)=O)C(=O)O. The summed E-state index contributed by atoms with van der Waals surface area (Å²) in [5, 5.41) is 18.5. The number of para-hydroxylation sites is 1. The summed E-state index contributed by atoms with van der Waals surface area (Å²) >= 11 is 0. The molecule has 0 spiro atoms. The zero-order valence-electron chi connectivity index (χ0n) is 26.9. The normalized spacial score (nSPS) is 25.0. The van der Waals surface area contributed by atoms with Gasteiger partial charge in [0.2, 0.25) is 17.7 Å². The number of hydrogen-bond acceptors (Lipinski definition) is 6. The number of carboxylic acids is 1. The number of primary amides is 1. The van der Waals surface area contributed by atoms with Crippen molar-refractivity contribution in [3.63, 3.8) is 0 Å². The van der Waals surface area contributed by atoms with Crippen molar-refractivity contribution in [1.82, 2.24) is 20.9 Å². The summed E-state index contributed by atoms with van der Waals surface area (Å²) in [5.41, 5.74) is 5.98. The molecule has 0 radical (unpaired) electrons. The van der Waals surface area contributed by atoms with E-state index >= 15 is 0 Å². The van der Waals surface area contributed by atoms with Crippen LogP contribution in [0.1, 0.15) is 56.6 Å². The summed E-state index contributed by atoms with van der Waals surface area (Å²) in [4.78, 5) is 68.1. The third-order valence-corrected chi connectivity index (χ3v) is 10.4. The summed E-state index contributed by atoms with van der Waals surface area (Å²) in [6.45, 7) is 1.59. The third-order valence-electron chi connectivity index (χ3n) is 10.4. The second-order valence-corrected chi connectivity index (χ2v) is 14.1. The molecule has 1 heterocycles. The van der Waals surface area contributed by atoms with Crippen molar-refractivity contribution >= 4 is 40.7 Å². The van der Waals surface area contributed by atoms with Gasteiger partial charge in [-0.1, -0.05) is 48.5 Å². The molecule has 4 fully saturated rings. The number of H-pyrrole nitrogens is 1. The molecule has 4 saturated carbocycles. The smallest absolute Gasteiger partial charge is 0.408 e. The first-order chi connectivity index (χ1) is 23.0. The Kier molecular flexibility index (Phi) is 9.43. The van der Waals surface area contributed by atoms with Crippen molar-refractivity contribution < 1.29 is 33.8 Å². The van der Waals surface area contributed by atoms with Crippen LogP contribution in [-0.4, -0.2) is 63.6 Å². The van der Waals surface area contributed by atoms with Crippen LogP contribution in [0.2, 0.25) is 0 Å². The quantitative estimate of drug-likeness (QED) is 0.163. The molecule has 4 aliphatic carbocycles. The van der Waals surface area contributed by atoms with Gasteiger partial charge in [-0.25, -0.2) is 9.59 Å². The number of benzene rings is 2. The fraction of sp³-hybridized carbons (Fsp3) is 0.472. The fourth-order valence-electron chi connectivity index (χ4n) is 8.34. The Balaban J connectivity index is 1.25. The first kappa shape index (κ1) is 33.0. The summed E-state index contributed by atoms with van der Waals surface area (Å²) in [6, 6.07) is 13.7. The van der Waals surface area contributed by atoms with Gasteiger partial charge in [-0.3, -0.25) is 14.4 Å². The van der Waals surface area contributed by atoms with Crippen LogP contribution in [0.5, 0.6) is 0 Å². The second-order valence-electron chi connectivity index (χ2n) is 14.1. The number of aromatic nitrogens is 1. The van der Waals surface area contributed by atoms with Gasteiger partial charge in [0.15, 0.2) is 0 Å². The van der Waals surface area contributed by atoms with E-state index in [1.165, 1.54) is 6.42 Å². The van der Waals surface area contributed by atoms with Crippen molar-refractivity contribution in [3.05, 3.63) is 71.9 Å². The Morgan fingerprint density at radius 2 is 1.56 bits per heavy atom. The first-order valence-electron chi connectivity index (χ1n) is 16.7. The van der Waals surface area contributed by atoms with Crippen molar-refractivity contribution in [1.29, 1.82) is 0 Å². The van der Waals surface area contributed by atoms with Crippen molar-refractivity contribution in [2.75, 3.05) is 0 Å². The molecule has 12 heteroatoms. The lowest BCUT2D eigenvalue weighted by molar-refractivity contribution is -0.143. The van der Waals surface area contributed by atoms with E-state index < -0.39 is 53.8 Å². The minimum absolute atomic E-state index is 0.0166. The number of amides is 4. The van der Waals surface area contributed by atoms with Crippen LogP contribution < -0.4 is 21.7 Å². The van der Waals surface area contributed by atoms with Crippen LogP contribution in [0.15, 0.2) is 60.8 Å². The van der Waals surface area contributed by atoms with Crippen molar-refractivity contribution in [2.24, 2.45) is 29.4 Å². The predicted octanol–water partition coefficient (Wildman–Crippen LogP) is 3.19. The number of carbonyl (C=O) groups excluding carboxylic acids is 4. The molecule has 3 aromatic rings. The van der Waals surface area contributed by atoms with Gasteiger partial charge in [-0.15, -0.1) is 0 Å². The second kappa shape index (κ2) is 13.7. The van der Waals surface area contributed by atoms with E-state index in [0.717, 1.165) is 42.1 Å². The van der Waals surface area contributed by atoms with Crippen LogP contribution in [0.3, 0.4) is 0 Å². The average Bonchev–Trinajstić information content (AvgIpc) is 3.44. The summed E-state index contributed by atoms with van der Waals surface area (Å²) < 4.78 is 6.12. The van der Waals surface area contributed by atoms with Gasteiger partial charge >= 0.3 is 12.1 Å². The number of nitrogens with two attached hydrogens (primary N) is 1. The molecule has 4 bridgehead atoms.